The van der Waals surface area contributed by atoms with Crippen molar-refractivity contribution in [2.45, 2.75) is 6.18 Å². The molecule has 0 fully saturated rings. The maximum Gasteiger partial charge on any atom is 0.471 e. The Balaban J connectivity index is 1.88. The summed E-state index contributed by atoms with van der Waals surface area (Å²) in [6.07, 6.45) is -0.607. The predicted molar refractivity (Wildman–Crippen MR) is 68.1 cm³/mol. The number of hydrogen-bond donors (Lipinski definition) is 0. The maximum atomic E-state index is 12.4. The third kappa shape index (κ3) is 2.72. The van der Waals surface area contributed by atoms with Crippen LogP contribution in [0.2, 0.25) is 0 Å². The number of rotatable bonds is 3. The Morgan fingerprint density at radius 3 is 2.68 bits per heavy atom. The highest BCUT2D eigenvalue weighted by molar-refractivity contribution is 7.17. The monoisotopic (exact) mass is 326 g/mol. The van der Waals surface area contributed by atoms with Crippen molar-refractivity contribution in [2.24, 2.45) is 0 Å². The van der Waals surface area contributed by atoms with Crippen molar-refractivity contribution in [3.05, 3.63) is 47.2 Å². The quantitative estimate of drug-likeness (QED) is 0.688. The van der Waals surface area contributed by atoms with Crippen molar-refractivity contribution in [1.82, 2.24) is 20.1 Å². The molecule has 0 aliphatic carbocycles. The van der Waals surface area contributed by atoms with Crippen LogP contribution in [0.25, 0.3) is 10.7 Å². The van der Waals surface area contributed by atoms with E-state index in [1.54, 1.807) is 0 Å². The molecule has 6 nitrogen and oxygen atoms in total. The second-order valence-electron chi connectivity index (χ2n) is 4.00. The minimum atomic E-state index is -4.71. The van der Waals surface area contributed by atoms with Crippen LogP contribution in [0.4, 0.5) is 13.2 Å². The van der Waals surface area contributed by atoms with Gasteiger partial charge in [-0.05, 0) is 12.1 Å². The van der Waals surface area contributed by atoms with E-state index >= 15 is 0 Å². The highest BCUT2D eigenvalue weighted by atomic mass is 32.1. The van der Waals surface area contributed by atoms with E-state index in [4.69, 9.17) is 0 Å². The van der Waals surface area contributed by atoms with Crippen LogP contribution < -0.4 is 0 Å². The molecule has 0 saturated carbocycles. The van der Waals surface area contributed by atoms with Crippen molar-refractivity contribution >= 4 is 17.1 Å². The number of thiophene rings is 1. The van der Waals surface area contributed by atoms with Crippen molar-refractivity contribution in [1.29, 1.82) is 0 Å². The Hall–Kier alpha value is -2.62. The summed E-state index contributed by atoms with van der Waals surface area (Å²) in [7, 11) is 0. The Morgan fingerprint density at radius 2 is 2.05 bits per heavy atom. The van der Waals surface area contributed by atoms with Gasteiger partial charge in [-0.25, -0.2) is 4.98 Å². The topological polar surface area (TPSA) is 81.8 Å². The molecule has 0 aliphatic rings. The van der Waals surface area contributed by atoms with Gasteiger partial charge in [0.1, 0.15) is 5.69 Å². The summed E-state index contributed by atoms with van der Waals surface area (Å²) in [6.45, 7) is 0. The summed E-state index contributed by atoms with van der Waals surface area (Å²) in [5.41, 5.74) is 0.139. The predicted octanol–water partition coefficient (Wildman–Crippen LogP) is 2.84. The molecule has 10 heteroatoms. The van der Waals surface area contributed by atoms with Gasteiger partial charge in [0, 0.05) is 12.4 Å². The highest BCUT2D eigenvalue weighted by Gasteiger charge is 2.38. The first-order chi connectivity index (χ1) is 10.4. The van der Waals surface area contributed by atoms with E-state index in [-0.39, 0.29) is 27.1 Å². The van der Waals surface area contributed by atoms with Gasteiger partial charge in [-0.1, -0.05) is 5.16 Å². The number of alkyl halides is 3. The molecule has 0 saturated heterocycles. The standard InChI is InChI=1S/C12H5F3N4O2S/c13-12(14,15)11-18-10(19-21-11)8-2-1-7(22-8)9(20)6-5-16-3-4-17-6/h1-5H. The molecule has 0 bridgehead atoms. The Morgan fingerprint density at radius 1 is 1.23 bits per heavy atom. The van der Waals surface area contributed by atoms with Gasteiger partial charge >= 0.3 is 12.1 Å². The SMILES string of the molecule is O=C(c1cnccn1)c1ccc(-c2noc(C(F)(F)F)n2)s1. The van der Waals surface area contributed by atoms with Crippen LogP contribution in [-0.2, 0) is 6.18 Å². The Labute approximate surface area is 124 Å². The van der Waals surface area contributed by atoms with E-state index in [9.17, 15) is 18.0 Å². The number of carbonyl (C=O) groups is 1. The van der Waals surface area contributed by atoms with Crippen LogP contribution in [0, 0.1) is 0 Å². The first-order valence-electron chi connectivity index (χ1n) is 5.77. The van der Waals surface area contributed by atoms with Crippen molar-refractivity contribution in [2.75, 3.05) is 0 Å². The lowest BCUT2D eigenvalue weighted by Crippen LogP contribution is -2.04. The molecular weight excluding hydrogens is 321 g/mol. The van der Waals surface area contributed by atoms with E-state index in [0.717, 1.165) is 11.3 Å². The minimum absolute atomic E-state index is 0.139. The molecule has 0 atom stereocenters. The summed E-state index contributed by atoms with van der Waals surface area (Å²) in [5.74, 6) is -2.04. The molecule has 0 aliphatic heterocycles. The van der Waals surface area contributed by atoms with Crippen molar-refractivity contribution in [3.63, 3.8) is 0 Å². The summed E-state index contributed by atoms with van der Waals surface area (Å²) in [6, 6.07) is 2.90. The number of aromatic nitrogens is 4. The van der Waals surface area contributed by atoms with E-state index in [0.29, 0.717) is 0 Å². The highest BCUT2D eigenvalue weighted by Crippen LogP contribution is 2.32. The average molecular weight is 326 g/mol. The number of ketones is 1. The number of nitrogens with zero attached hydrogens (tertiary/aromatic N) is 4. The maximum absolute atomic E-state index is 12.4. The lowest BCUT2D eigenvalue weighted by Gasteiger charge is -1.95. The summed E-state index contributed by atoms with van der Waals surface area (Å²) >= 11 is 0.943. The molecule has 3 heterocycles. The van der Waals surface area contributed by atoms with Gasteiger partial charge in [-0.15, -0.1) is 11.3 Å². The largest absolute Gasteiger partial charge is 0.471 e. The summed E-state index contributed by atoms with van der Waals surface area (Å²) < 4.78 is 41.4. The van der Waals surface area contributed by atoms with Gasteiger partial charge in [0.2, 0.25) is 11.6 Å². The third-order valence-electron chi connectivity index (χ3n) is 2.51. The van der Waals surface area contributed by atoms with Crippen LogP contribution in [-0.4, -0.2) is 25.9 Å². The van der Waals surface area contributed by atoms with E-state index < -0.39 is 12.1 Å². The first kappa shape index (κ1) is 14.3. The molecule has 0 amide bonds. The van der Waals surface area contributed by atoms with Crippen molar-refractivity contribution < 1.29 is 22.5 Å². The smallest absolute Gasteiger partial charge is 0.329 e. The molecular formula is C12H5F3N4O2S. The lowest BCUT2D eigenvalue weighted by molar-refractivity contribution is -0.159. The first-order valence-corrected chi connectivity index (χ1v) is 6.58. The fourth-order valence-corrected chi connectivity index (χ4v) is 2.44. The molecule has 3 aromatic heterocycles. The van der Waals surface area contributed by atoms with Crippen LogP contribution in [0.1, 0.15) is 21.3 Å². The molecule has 0 radical (unpaired) electrons. The zero-order chi connectivity index (χ0) is 15.7. The van der Waals surface area contributed by atoms with Gasteiger partial charge < -0.3 is 4.52 Å². The molecule has 22 heavy (non-hydrogen) atoms. The van der Waals surface area contributed by atoms with Gasteiger partial charge in [0.25, 0.3) is 0 Å². The van der Waals surface area contributed by atoms with Gasteiger partial charge in [0.05, 0.1) is 16.0 Å². The zero-order valence-electron chi connectivity index (χ0n) is 10.5. The minimum Gasteiger partial charge on any atom is -0.329 e. The molecule has 0 N–H and O–H groups in total. The number of carbonyl (C=O) groups excluding carboxylic acids is 1. The molecule has 0 aromatic carbocycles. The van der Waals surface area contributed by atoms with Crippen LogP contribution >= 0.6 is 11.3 Å². The van der Waals surface area contributed by atoms with E-state index in [2.05, 4.69) is 24.6 Å². The number of halogens is 3. The molecule has 112 valence electrons. The third-order valence-corrected chi connectivity index (χ3v) is 3.59. The fourth-order valence-electron chi connectivity index (χ4n) is 1.56. The van der Waals surface area contributed by atoms with Crippen LogP contribution in [0.3, 0.4) is 0 Å². The fraction of sp³-hybridized carbons (Fsp3) is 0.0833. The zero-order valence-corrected chi connectivity index (χ0v) is 11.4. The van der Waals surface area contributed by atoms with Crippen LogP contribution in [0.5, 0.6) is 0 Å². The Bertz CT molecular complexity index is 813. The molecule has 0 spiro atoms. The lowest BCUT2D eigenvalue weighted by atomic mass is 10.2. The normalized spacial score (nSPS) is 11.6. The molecule has 0 unspecified atom stereocenters. The van der Waals surface area contributed by atoms with Gasteiger partial charge in [0.15, 0.2) is 0 Å². The second-order valence-corrected chi connectivity index (χ2v) is 5.09. The number of hydrogen-bond acceptors (Lipinski definition) is 7. The molecule has 3 aromatic rings. The average Bonchev–Trinajstić information content (AvgIpc) is 3.15. The van der Waals surface area contributed by atoms with Crippen LogP contribution in [0.15, 0.2) is 35.2 Å². The summed E-state index contributed by atoms with van der Waals surface area (Å²) in [5, 5.41) is 3.26. The Kier molecular flexibility index (Phi) is 3.45. The van der Waals surface area contributed by atoms with E-state index in [1.165, 1.54) is 30.7 Å². The van der Waals surface area contributed by atoms with Gasteiger partial charge in [-0.3, -0.25) is 9.78 Å². The van der Waals surface area contributed by atoms with Crippen molar-refractivity contribution in [3.8, 4) is 10.7 Å². The second kappa shape index (κ2) is 5.30. The van der Waals surface area contributed by atoms with E-state index in [1.807, 2.05) is 0 Å². The van der Waals surface area contributed by atoms with Gasteiger partial charge in [-0.2, -0.15) is 18.2 Å². The summed E-state index contributed by atoms with van der Waals surface area (Å²) in [4.78, 5) is 23.6. The molecule has 3 rings (SSSR count).